The third kappa shape index (κ3) is 51.6. The molecule has 0 rings (SSSR count). The lowest BCUT2D eigenvalue weighted by Gasteiger charge is -2.18. The van der Waals surface area contributed by atoms with Crippen molar-refractivity contribution in [2.75, 3.05) is 13.2 Å². The fourth-order valence-corrected chi connectivity index (χ4v) is 7.44. The van der Waals surface area contributed by atoms with E-state index in [1.807, 2.05) is 0 Å². The average molecular weight is 919 g/mol. The second-order valence-electron chi connectivity index (χ2n) is 18.1. The van der Waals surface area contributed by atoms with Crippen LogP contribution in [0.3, 0.4) is 0 Å². The quantitative estimate of drug-likeness (QED) is 0.0262. The predicted molar refractivity (Wildman–Crippen MR) is 284 cm³/mol. The molecular weight excluding hydrogens is 817 g/mol. The fraction of sp³-hybridized carbons (Fsp3) is 0.717. The molecule has 0 aromatic carbocycles. The summed E-state index contributed by atoms with van der Waals surface area (Å²) in [4.78, 5) is 38.1. The number of allylic oxidation sites excluding steroid dienone is 14. The minimum Gasteiger partial charge on any atom is -0.462 e. The Hall–Kier alpha value is -3.41. The molecule has 0 heterocycles. The van der Waals surface area contributed by atoms with Crippen LogP contribution in [-0.2, 0) is 28.6 Å². The van der Waals surface area contributed by atoms with Crippen molar-refractivity contribution in [3.8, 4) is 0 Å². The zero-order valence-electron chi connectivity index (χ0n) is 43.2. The zero-order valence-corrected chi connectivity index (χ0v) is 43.2. The summed E-state index contributed by atoms with van der Waals surface area (Å²) >= 11 is 0. The second kappa shape index (κ2) is 54.2. The Bertz CT molecular complexity index is 1290. The monoisotopic (exact) mass is 919 g/mol. The topological polar surface area (TPSA) is 78.9 Å². The number of ether oxygens (including phenoxy) is 3. The normalized spacial score (nSPS) is 12.7. The minimum atomic E-state index is -0.793. The standard InChI is InChI=1S/C60H102O6/c1-4-7-10-13-16-19-22-25-28-29-30-31-33-35-38-41-44-47-50-53-59(62)65-56-57(55-64-58(61)52-49-46-43-40-37-34-27-24-21-18-15-12-9-6-3)66-60(63)54-51-48-45-42-39-36-32-26-23-20-17-14-11-8-5-2/h7,10,15-16,18-19,24-28,30-32,57H,4-6,8-9,11-14,17,20-23,29,33-56H2,1-3H3/b10-7-,18-15-,19-16-,27-24-,28-25-,31-30-,32-26-. The number of carbonyl (C=O) groups is 3. The average Bonchev–Trinajstić information content (AvgIpc) is 3.31. The molecule has 0 amide bonds. The molecule has 0 aliphatic heterocycles. The van der Waals surface area contributed by atoms with Gasteiger partial charge in [-0.25, -0.2) is 0 Å². The summed E-state index contributed by atoms with van der Waals surface area (Å²) in [5, 5.41) is 0. The highest BCUT2D eigenvalue weighted by atomic mass is 16.6. The van der Waals surface area contributed by atoms with E-state index in [1.165, 1.54) is 83.5 Å². The number of hydrogen-bond donors (Lipinski definition) is 0. The van der Waals surface area contributed by atoms with Crippen LogP contribution in [0.2, 0.25) is 0 Å². The van der Waals surface area contributed by atoms with Crippen LogP contribution in [0.15, 0.2) is 85.1 Å². The van der Waals surface area contributed by atoms with Crippen LogP contribution in [0, 0.1) is 0 Å². The molecule has 6 nitrogen and oxygen atoms in total. The van der Waals surface area contributed by atoms with E-state index in [0.29, 0.717) is 19.3 Å². The van der Waals surface area contributed by atoms with Crippen molar-refractivity contribution in [3.05, 3.63) is 85.1 Å². The fourth-order valence-electron chi connectivity index (χ4n) is 7.44. The van der Waals surface area contributed by atoms with Crippen molar-refractivity contribution in [1.82, 2.24) is 0 Å². The van der Waals surface area contributed by atoms with E-state index in [-0.39, 0.29) is 31.1 Å². The summed E-state index contributed by atoms with van der Waals surface area (Å²) in [5.41, 5.74) is 0. The van der Waals surface area contributed by atoms with Crippen LogP contribution in [0.1, 0.15) is 258 Å². The maximum atomic E-state index is 12.8. The summed E-state index contributed by atoms with van der Waals surface area (Å²) in [5.74, 6) is -0.924. The van der Waals surface area contributed by atoms with Crippen LogP contribution < -0.4 is 0 Å². The number of rotatable bonds is 49. The van der Waals surface area contributed by atoms with Gasteiger partial charge in [-0.3, -0.25) is 14.4 Å². The molecule has 0 saturated heterocycles. The highest BCUT2D eigenvalue weighted by Crippen LogP contribution is 2.14. The molecule has 0 aromatic rings. The Morgan fingerprint density at radius 3 is 0.985 bits per heavy atom. The molecule has 66 heavy (non-hydrogen) atoms. The van der Waals surface area contributed by atoms with E-state index >= 15 is 0 Å². The predicted octanol–water partition coefficient (Wildman–Crippen LogP) is 18.4. The van der Waals surface area contributed by atoms with Gasteiger partial charge in [0.1, 0.15) is 13.2 Å². The van der Waals surface area contributed by atoms with Gasteiger partial charge in [-0.05, 0) is 109 Å². The van der Waals surface area contributed by atoms with Gasteiger partial charge in [0, 0.05) is 19.3 Å². The molecule has 0 radical (unpaired) electrons. The lowest BCUT2D eigenvalue weighted by atomic mass is 10.1. The highest BCUT2D eigenvalue weighted by molar-refractivity contribution is 5.71. The lowest BCUT2D eigenvalue weighted by Crippen LogP contribution is -2.30. The first kappa shape index (κ1) is 62.6. The van der Waals surface area contributed by atoms with Gasteiger partial charge >= 0.3 is 17.9 Å². The van der Waals surface area contributed by atoms with Crippen LogP contribution in [0.25, 0.3) is 0 Å². The van der Waals surface area contributed by atoms with E-state index in [2.05, 4.69) is 106 Å². The van der Waals surface area contributed by atoms with Crippen LogP contribution in [0.5, 0.6) is 0 Å². The van der Waals surface area contributed by atoms with E-state index in [9.17, 15) is 14.4 Å². The molecule has 6 heteroatoms. The van der Waals surface area contributed by atoms with Crippen molar-refractivity contribution in [1.29, 1.82) is 0 Å². The Balaban J connectivity index is 4.43. The molecule has 0 spiro atoms. The van der Waals surface area contributed by atoms with E-state index in [0.717, 1.165) is 135 Å². The van der Waals surface area contributed by atoms with Gasteiger partial charge in [0.15, 0.2) is 6.10 Å². The lowest BCUT2D eigenvalue weighted by molar-refractivity contribution is -0.167. The summed E-state index contributed by atoms with van der Waals surface area (Å²) in [6, 6.07) is 0. The number of carbonyl (C=O) groups excluding carboxylic acids is 3. The first-order chi connectivity index (χ1) is 32.5. The van der Waals surface area contributed by atoms with Gasteiger partial charge in [0.2, 0.25) is 0 Å². The summed E-state index contributed by atoms with van der Waals surface area (Å²) < 4.78 is 16.8. The Morgan fingerprint density at radius 2 is 0.606 bits per heavy atom. The van der Waals surface area contributed by atoms with Crippen LogP contribution >= 0.6 is 0 Å². The van der Waals surface area contributed by atoms with Crippen molar-refractivity contribution >= 4 is 17.9 Å². The summed E-state index contributed by atoms with van der Waals surface area (Å²) in [6.07, 6.45) is 69.9. The Kier molecular flexibility index (Phi) is 51.4. The minimum absolute atomic E-state index is 0.0920. The molecule has 0 aromatic heterocycles. The maximum absolute atomic E-state index is 12.8. The number of unbranched alkanes of at least 4 members (excludes halogenated alkanes) is 24. The van der Waals surface area contributed by atoms with Crippen molar-refractivity contribution in [2.45, 2.75) is 264 Å². The van der Waals surface area contributed by atoms with Gasteiger partial charge in [0.05, 0.1) is 0 Å². The molecule has 0 N–H and O–H groups in total. The first-order valence-electron chi connectivity index (χ1n) is 27.6. The Labute approximate surface area is 407 Å². The number of hydrogen-bond acceptors (Lipinski definition) is 6. The van der Waals surface area contributed by atoms with Gasteiger partial charge < -0.3 is 14.2 Å². The molecule has 0 fully saturated rings. The van der Waals surface area contributed by atoms with Crippen molar-refractivity contribution in [3.63, 3.8) is 0 Å². The molecule has 378 valence electrons. The molecule has 0 bridgehead atoms. The van der Waals surface area contributed by atoms with Crippen LogP contribution in [-0.4, -0.2) is 37.2 Å². The Morgan fingerprint density at radius 1 is 0.318 bits per heavy atom. The first-order valence-corrected chi connectivity index (χ1v) is 27.6. The van der Waals surface area contributed by atoms with Crippen molar-refractivity contribution in [2.24, 2.45) is 0 Å². The van der Waals surface area contributed by atoms with E-state index < -0.39 is 6.10 Å². The second-order valence-corrected chi connectivity index (χ2v) is 18.1. The number of esters is 3. The third-order valence-corrected chi connectivity index (χ3v) is 11.6. The molecular formula is C60H102O6. The van der Waals surface area contributed by atoms with Gasteiger partial charge in [0.25, 0.3) is 0 Å². The maximum Gasteiger partial charge on any atom is 0.306 e. The van der Waals surface area contributed by atoms with Gasteiger partial charge in [-0.1, -0.05) is 215 Å². The molecule has 1 unspecified atom stereocenters. The van der Waals surface area contributed by atoms with Crippen molar-refractivity contribution < 1.29 is 28.6 Å². The van der Waals surface area contributed by atoms with Crippen LogP contribution in [0.4, 0.5) is 0 Å². The third-order valence-electron chi connectivity index (χ3n) is 11.6. The van der Waals surface area contributed by atoms with Gasteiger partial charge in [-0.15, -0.1) is 0 Å². The molecule has 1 atom stereocenters. The molecule has 0 aliphatic carbocycles. The van der Waals surface area contributed by atoms with E-state index in [4.69, 9.17) is 14.2 Å². The molecule has 0 saturated carbocycles. The molecule has 0 aliphatic rings. The summed E-state index contributed by atoms with van der Waals surface area (Å²) in [6.45, 7) is 6.45. The largest absolute Gasteiger partial charge is 0.462 e. The SMILES string of the molecule is CC/C=C\C/C=C\C/C=C\C/C=C\CCCCCCCCC(=O)OCC(COC(=O)CCCCCCC/C=C\C/C=C\CCCC)OC(=O)CCCCCCC/C=C\CCCCCCCC. The van der Waals surface area contributed by atoms with Gasteiger partial charge in [-0.2, -0.15) is 0 Å². The smallest absolute Gasteiger partial charge is 0.306 e. The zero-order chi connectivity index (χ0) is 47.9. The van der Waals surface area contributed by atoms with E-state index in [1.54, 1.807) is 0 Å². The highest BCUT2D eigenvalue weighted by Gasteiger charge is 2.19. The summed E-state index contributed by atoms with van der Waals surface area (Å²) in [7, 11) is 0.